The van der Waals surface area contributed by atoms with Crippen molar-refractivity contribution >= 4 is 30.0 Å². The van der Waals surface area contributed by atoms with Gasteiger partial charge in [-0.3, -0.25) is 14.5 Å². The Hall–Kier alpha value is -2.58. The first-order chi connectivity index (χ1) is 13.3. The van der Waals surface area contributed by atoms with Crippen LogP contribution < -0.4 is 10.6 Å². The lowest BCUT2D eigenvalue weighted by atomic mass is 10.00. The van der Waals surface area contributed by atoms with Crippen LogP contribution in [0.5, 0.6) is 0 Å². The van der Waals surface area contributed by atoms with Crippen molar-refractivity contribution in [3.8, 4) is 0 Å². The Bertz CT molecular complexity index is 606. The van der Waals surface area contributed by atoms with E-state index in [2.05, 4.69) is 23.8 Å². The maximum Gasteiger partial charge on any atom is 0.317 e. The molecule has 2 rings (SSSR count). The van der Waals surface area contributed by atoms with Gasteiger partial charge in [0.25, 0.3) is 0 Å². The van der Waals surface area contributed by atoms with Gasteiger partial charge in [-0.25, -0.2) is 4.79 Å². The van der Waals surface area contributed by atoms with Crippen LogP contribution >= 0.6 is 11.6 Å². The molecular weight excluding hydrogens is 384 g/mol. The van der Waals surface area contributed by atoms with Crippen molar-refractivity contribution in [2.24, 2.45) is 5.92 Å². The summed E-state index contributed by atoms with van der Waals surface area (Å²) < 4.78 is 0. The van der Waals surface area contributed by atoms with Crippen molar-refractivity contribution in [2.45, 2.75) is 6.54 Å². The Morgan fingerprint density at radius 1 is 1.32 bits per heavy atom. The van der Waals surface area contributed by atoms with Crippen LogP contribution in [0.2, 0.25) is 5.02 Å². The molecule has 28 heavy (non-hydrogen) atoms. The molecule has 0 aromatic heterocycles. The van der Waals surface area contributed by atoms with Crippen LogP contribution in [0.4, 0.5) is 4.79 Å². The fraction of sp³-hybridized carbons (Fsp3) is 0.421. The summed E-state index contributed by atoms with van der Waals surface area (Å²) in [5, 5.41) is 14.4. The highest BCUT2D eigenvalue weighted by atomic mass is 35.5. The van der Waals surface area contributed by atoms with E-state index in [0.717, 1.165) is 18.7 Å². The number of nitrogens with one attached hydrogen (secondary N) is 2. The lowest BCUT2D eigenvalue weighted by Gasteiger charge is -2.39. The largest absolute Gasteiger partial charge is 0.480 e. The number of carboxylic acid groups (broad SMARTS) is 1. The van der Waals surface area contributed by atoms with E-state index in [1.54, 1.807) is 31.1 Å². The molecule has 0 spiro atoms. The second-order valence-corrected chi connectivity index (χ2v) is 6.46. The first-order valence-corrected chi connectivity index (χ1v) is 9.02. The molecule has 1 aromatic rings. The predicted octanol–water partition coefficient (Wildman–Crippen LogP) is 1.66. The molecule has 8 nitrogen and oxygen atoms in total. The van der Waals surface area contributed by atoms with Crippen molar-refractivity contribution < 1.29 is 19.5 Å². The number of carbonyl (C=O) groups is 3. The number of carbonyl (C=O) groups excluding carboxylic acids is 2. The number of rotatable bonds is 7. The first-order valence-electron chi connectivity index (χ1n) is 8.64. The number of urea groups is 1. The van der Waals surface area contributed by atoms with Gasteiger partial charge in [-0.05, 0) is 17.7 Å². The van der Waals surface area contributed by atoms with Gasteiger partial charge in [0.15, 0.2) is 0 Å². The summed E-state index contributed by atoms with van der Waals surface area (Å²) in [5.74, 6) is -0.474. The Balaban J connectivity index is 0.00000108. The normalized spacial score (nSPS) is 12.8. The van der Waals surface area contributed by atoms with Gasteiger partial charge in [-0.2, -0.15) is 0 Å². The Kier molecular flexibility index (Phi) is 13.1. The molecule has 0 aliphatic carbocycles. The third kappa shape index (κ3) is 10.5. The second-order valence-electron chi connectivity index (χ2n) is 6.03. The predicted molar refractivity (Wildman–Crippen MR) is 110 cm³/mol. The molecular formula is C19H29ClN4O4. The molecule has 156 valence electrons. The van der Waals surface area contributed by atoms with E-state index in [4.69, 9.17) is 21.5 Å². The molecule has 0 saturated carbocycles. The number of carboxylic acids is 1. The standard InChI is InChI=1S/C15H20ClN3O3.C2H5NO.C2H4/c1-18(7-12-8-19(9-12)10-14(20)21)15(22)17-6-11-2-4-13(16)5-3-11;1-3-2-4;1-2/h2-5,12H,6-10H2,1H3,(H,17,22)(H,20,21);2H,1H3,(H,3,4);1-2H2. The van der Waals surface area contributed by atoms with Crippen LogP contribution in [0.25, 0.3) is 0 Å². The summed E-state index contributed by atoms with van der Waals surface area (Å²) in [6, 6.07) is 7.19. The van der Waals surface area contributed by atoms with Crippen molar-refractivity contribution in [3.05, 3.63) is 48.0 Å². The number of halogens is 1. The Labute approximate surface area is 171 Å². The topological polar surface area (TPSA) is 102 Å². The molecule has 3 amide bonds. The lowest BCUT2D eigenvalue weighted by Crippen LogP contribution is -2.53. The van der Waals surface area contributed by atoms with Gasteiger partial charge in [0.05, 0.1) is 6.54 Å². The highest BCUT2D eigenvalue weighted by Crippen LogP contribution is 2.16. The first kappa shape index (κ1) is 25.4. The molecule has 1 aliphatic rings. The van der Waals surface area contributed by atoms with Gasteiger partial charge in [-0.1, -0.05) is 23.7 Å². The van der Waals surface area contributed by atoms with E-state index < -0.39 is 5.97 Å². The lowest BCUT2D eigenvalue weighted by molar-refractivity contribution is -0.140. The smallest absolute Gasteiger partial charge is 0.317 e. The number of nitrogens with zero attached hydrogens (tertiary/aromatic N) is 2. The van der Waals surface area contributed by atoms with Crippen LogP contribution in [-0.4, -0.2) is 73.6 Å². The maximum absolute atomic E-state index is 12.0. The summed E-state index contributed by atoms with van der Waals surface area (Å²) >= 11 is 5.81. The highest BCUT2D eigenvalue weighted by Gasteiger charge is 2.29. The summed E-state index contributed by atoms with van der Waals surface area (Å²) in [6.07, 6.45) is 0.625. The molecule has 0 atom stereocenters. The van der Waals surface area contributed by atoms with Crippen LogP contribution in [0.1, 0.15) is 5.56 Å². The van der Waals surface area contributed by atoms with Crippen LogP contribution in [-0.2, 0) is 16.1 Å². The monoisotopic (exact) mass is 412 g/mol. The van der Waals surface area contributed by atoms with E-state index in [-0.39, 0.29) is 12.6 Å². The maximum atomic E-state index is 12.0. The molecule has 1 saturated heterocycles. The number of hydrogen-bond acceptors (Lipinski definition) is 4. The molecule has 9 heteroatoms. The second kappa shape index (κ2) is 14.5. The minimum absolute atomic E-state index is 0.0724. The highest BCUT2D eigenvalue weighted by molar-refractivity contribution is 6.30. The van der Waals surface area contributed by atoms with Gasteiger partial charge < -0.3 is 20.6 Å². The molecule has 3 N–H and O–H groups in total. The Morgan fingerprint density at radius 2 is 1.86 bits per heavy atom. The van der Waals surface area contributed by atoms with Gasteiger partial charge in [0, 0.05) is 51.2 Å². The van der Waals surface area contributed by atoms with Crippen molar-refractivity contribution in [1.82, 2.24) is 20.4 Å². The average molecular weight is 413 g/mol. The number of hydrogen-bond donors (Lipinski definition) is 3. The van der Waals surface area contributed by atoms with E-state index in [0.29, 0.717) is 30.4 Å². The quantitative estimate of drug-likeness (QED) is 0.467. The van der Waals surface area contributed by atoms with Gasteiger partial charge in [0.2, 0.25) is 6.41 Å². The zero-order valence-corrected chi connectivity index (χ0v) is 17.1. The summed E-state index contributed by atoms with van der Waals surface area (Å²) in [5.41, 5.74) is 0.988. The van der Waals surface area contributed by atoms with E-state index >= 15 is 0 Å². The third-order valence-electron chi connectivity index (χ3n) is 3.75. The molecule has 0 bridgehead atoms. The summed E-state index contributed by atoms with van der Waals surface area (Å²) in [7, 11) is 3.31. The summed E-state index contributed by atoms with van der Waals surface area (Å²) in [6.45, 7) is 8.60. The molecule has 1 aromatic carbocycles. The average Bonchev–Trinajstić information content (AvgIpc) is 2.67. The van der Waals surface area contributed by atoms with Crippen molar-refractivity contribution in [2.75, 3.05) is 40.3 Å². The van der Waals surface area contributed by atoms with Crippen molar-refractivity contribution in [1.29, 1.82) is 0 Å². The Morgan fingerprint density at radius 3 is 2.32 bits per heavy atom. The number of amides is 3. The molecule has 1 aliphatic heterocycles. The SMILES string of the molecule is C=C.CN(CC1CN(CC(=O)O)C1)C(=O)NCc1ccc(Cl)cc1.CNC=O. The molecule has 0 radical (unpaired) electrons. The van der Waals surface area contributed by atoms with E-state index in [1.165, 1.54) is 0 Å². The third-order valence-corrected chi connectivity index (χ3v) is 4.00. The zero-order chi connectivity index (χ0) is 21.5. The number of benzene rings is 1. The van der Waals surface area contributed by atoms with Crippen LogP contribution in [0, 0.1) is 5.92 Å². The fourth-order valence-corrected chi connectivity index (χ4v) is 2.62. The van der Waals surface area contributed by atoms with Gasteiger partial charge in [-0.15, -0.1) is 13.2 Å². The summed E-state index contributed by atoms with van der Waals surface area (Å²) in [4.78, 5) is 35.1. The number of aliphatic carboxylic acids is 1. The molecule has 1 heterocycles. The minimum atomic E-state index is -0.812. The minimum Gasteiger partial charge on any atom is -0.480 e. The fourth-order valence-electron chi connectivity index (χ4n) is 2.50. The molecule has 1 fully saturated rings. The van der Waals surface area contributed by atoms with Gasteiger partial charge in [0.1, 0.15) is 0 Å². The van der Waals surface area contributed by atoms with E-state index in [9.17, 15) is 9.59 Å². The van der Waals surface area contributed by atoms with E-state index in [1.807, 2.05) is 17.0 Å². The van der Waals surface area contributed by atoms with Crippen LogP contribution in [0.15, 0.2) is 37.4 Å². The van der Waals surface area contributed by atoms with Gasteiger partial charge >= 0.3 is 12.0 Å². The number of likely N-dealkylation sites (tertiary alicyclic amines) is 1. The molecule has 0 unspecified atom stereocenters. The zero-order valence-electron chi connectivity index (χ0n) is 16.4. The van der Waals surface area contributed by atoms with Crippen molar-refractivity contribution in [3.63, 3.8) is 0 Å². The van der Waals surface area contributed by atoms with Crippen LogP contribution in [0.3, 0.4) is 0 Å².